The first-order valence-electron chi connectivity index (χ1n) is 11.3. The molecule has 0 saturated heterocycles. The number of nitrogens with zero attached hydrogens (tertiary/aromatic N) is 3. The van der Waals surface area contributed by atoms with Gasteiger partial charge in [-0.1, -0.05) is 6.42 Å². The molecule has 1 aliphatic heterocycles. The molecule has 2 N–H and O–H groups in total. The number of carbonyl (C=O) groups is 2. The van der Waals surface area contributed by atoms with Gasteiger partial charge >= 0.3 is 6.09 Å². The third-order valence-corrected chi connectivity index (χ3v) is 6.35. The number of aromatic nitrogens is 2. The average Bonchev–Trinajstić information content (AvgIpc) is 2.67. The predicted molar refractivity (Wildman–Crippen MR) is 124 cm³/mol. The second-order valence-corrected chi connectivity index (χ2v) is 9.98. The first-order valence-corrected chi connectivity index (χ1v) is 11.3. The summed E-state index contributed by atoms with van der Waals surface area (Å²) >= 11 is 0. The van der Waals surface area contributed by atoms with Crippen molar-refractivity contribution in [3.63, 3.8) is 0 Å². The Morgan fingerprint density at radius 2 is 1.97 bits per heavy atom. The number of aryl methyl sites for hydroxylation is 2. The third-order valence-electron chi connectivity index (χ3n) is 6.35. The molecule has 1 amide bonds. The lowest BCUT2D eigenvalue weighted by atomic mass is 9.62. The van der Waals surface area contributed by atoms with E-state index >= 15 is 0 Å². The molecule has 2 aromatic heterocycles. The van der Waals surface area contributed by atoms with Crippen molar-refractivity contribution < 1.29 is 14.3 Å². The molecule has 2 aliphatic rings. The summed E-state index contributed by atoms with van der Waals surface area (Å²) in [5.74, 6) is 0.110. The molecule has 0 atom stereocenters. The van der Waals surface area contributed by atoms with Gasteiger partial charge in [0.2, 0.25) is 0 Å². The van der Waals surface area contributed by atoms with Crippen molar-refractivity contribution in [2.75, 3.05) is 17.2 Å². The summed E-state index contributed by atoms with van der Waals surface area (Å²) in [4.78, 5) is 37.1. The summed E-state index contributed by atoms with van der Waals surface area (Å²) in [7, 11) is 0. The van der Waals surface area contributed by atoms with Crippen LogP contribution >= 0.6 is 0 Å². The van der Waals surface area contributed by atoms with Gasteiger partial charge in [0.05, 0.1) is 40.3 Å². The largest absolute Gasteiger partial charge is 0.443 e. The van der Waals surface area contributed by atoms with E-state index in [9.17, 15) is 9.59 Å². The highest BCUT2D eigenvalue weighted by Crippen LogP contribution is 2.45. The van der Waals surface area contributed by atoms with Crippen LogP contribution in [0.3, 0.4) is 0 Å². The second kappa shape index (κ2) is 8.19. The molecule has 7 nitrogen and oxygen atoms in total. The smallest absolute Gasteiger partial charge is 0.414 e. The Kier molecular flexibility index (Phi) is 5.69. The SMILES string of the molecule is Cc1cnc(CC(=O)C2(c3ccc4c(n3)CCCN4C(=O)OC(C)(C)C)CCC2)c(N)c1. The fourth-order valence-corrected chi connectivity index (χ4v) is 4.52. The zero-order chi connectivity index (χ0) is 23.1. The number of carbonyl (C=O) groups excluding carboxylic acids is 2. The number of hydrogen-bond acceptors (Lipinski definition) is 6. The maximum atomic E-state index is 13.4. The van der Waals surface area contributed by atoms with Crippen molar-refractivity contribution in [1.82, 2.24) is 9.97 Å². The van der Waals surface area contributed by atoms with Crippen LogP contribution in [0.25, 0.3) is 0 Å². The highest BCUT2D eigenvalue weighted by molar-refractivity contribution is 5.93. The van der Waals surface area contributed by atoms with Gasteiger partial charge in [0, 0.05) is 12.7 Å². The topological polar surface area (TPSA) is 98.4 Å². The van der Waals surface area contributed by atoms with Crippen LogP contribution in [0.2, 0.25) is 0 Å². The number of pyridine rings is 2. The van der Waals surface area contributed by atoms with Crippen LogP contribution in [-0.4, -0.2) is 34.0 Å². The highest BCUT2D eigenvalue weighted by Gasteiger charge is 2.47. The van der Waals surface area contributed by atoms with E-state index in [0.717, 1.165) is 54.7 Å². The van der Waals surface area contributed by atoms with E-state index < -0.39 is 11.0 Å². The number of ketones is 1. The minimum atomic E-state index is -0.595. The van der Waals surface area contributed by atoms with Crippen LogP contribution in [0.1, 0.15) is 69.1 Å². The van der Waals surface area contributed by atoms with Crippen LogP contribution in [0.4, 0.5) is 16.2 Å². The van der Waals surface area contributed by atoms with Crippen molar-refractivity contribution in [2.24, 2.45) is 0 Å². The summed E-state index contributed by atoms with van der Waals surface area (Å²) in [6.45, 7) is 8.11. The quantitative estimate of drug-likeness (QED) is 0.768. The van der Waals surface area contributed by atoms with Crippen LogP contribution in [0, 0.1) is 6.92 Å². The molecular weight excluding hydrogens is 404 g/mol. The van der Waals surface area contributed by atoms with E-state index in [1.54, 1.807) is 11.1 Å². The Labute approximate surface area is 189 Å². The molecule has 170 valence electrons. The maximum Gasteiger partial charge on any atom is 0.414 e. The molecule has 4 rings (SSSR count). The monoisotopic (exact) mass is 436 g/mol. The van der Waals surface area contributed by atoms with Gasteiger partial charge in [0.25, 0.3) is 0 Å². The molecule has 2 aromatic rings. The zero-order valence-corrected chi connectivity index (χ0v) is 19.4. The summed E-state index contributed by atoms with van der Waals surface area (Å²) in [5.41, 5.74) is 9.54. The normalized spacial score (nSPS) is 17.3. The number of ether oxygens (including phenoxy) is 1. The third kappa shape index (κ3) is 4.20. The number of fused-ring (bicyclic) bond motifs is 1. The summed E-state index contributed by atoms with van der Waals surface area (Å²) in [5, 5.41) is 0. The number of Topliss-reactive ketones (excluding diaryl/α,β-unsaturated/α-hetero) is 1. The fraction of sp³-hybridized carbons (Fsp3) is 0.520. The second-order valence-electron chi connectivity index (χ2n) is 9.98. The number of nitrogen functional groups attached to an aromatic ring is 1. The van der Waals surface area contributed by atoms with Crippen molar-refractivity contribution in [3.8, 4) is 0 Å². The Hall–Kier alpha value is -2.96. The van der Waals surface area contributed by atoms with Gasteiger partial charge in [0.1, 0.15) is 5.60 Å². The van der Waals surface area contributed by atoms with Gasteiger partial charge in [0.15, 0.2) is 5.78 Å². The minimum Gasteiger partial charge on any atom is -0.443 e. The number of nitrogens with two attached hydrogens (primary N) is 1. The van der Waals surface area contributed by atoms with Crippen molar-refractivity contribution in [1.29, 1.82) is 0 Å². The van der Waals surface area contributed by atoms with Gasteiger partial charge in [-0.15, -0.1) is 0 Å². The van der Waals surface area contributed by atoms with Crippen LogP contribution in [-0.2, 0) is 27.8 Å². The van der Waals surface area contributed by atoms with Gasteiger partial charge in [-0.05, 0) is 77.1 Å². The Morgan fingerprint density at radius 3 is 2.59 bits per heavy atom. The van der Waals surface area contributed by atoms with E-state index in [1.165, 1.54) is 0 Å². The lowest BCUT2D eigenvalue weighted by molar-refractivity contribution is -0.127. The fourth-order valence-electron chi connectivity index (χ4n) is 4.52. The summed E-state index contributed by atoms with van der Waals surface area (Å²) < 4.78 is 5.57. The first kappa shape index (κ1) is 22.2. The molecule has 0 unspecified atom stereocenters. The maximum absolute atomic E-state index is 13.4. The standard InChI is InChI=1S/C25H32N4O3/c1-16-13-17(26)19(27-15-16)14-22(30)25(10-6-11-25)21-9-8-20-18(28-21)7-5-12-29(20)23(31)32-24(2,3)4/h8-9,13,15H,5-7,10-12,14,26H2,1-4H3. The van der Waals surface area contributed by atoms with Gasteiger partial charge in [-0.2, -0.15) is 0 Å². The van der Waals surface area contributed by atoms with E-state index in [0.29, 0.717) is 17.9 Å². The van der Waals surface area contributed by atoms with Crippen LogP contribution in [0.15, 0.2) is 24.4 Å². The van der Waals surface area contributed by atoms with Gasteiger partial charge in [-0.3, -0.25) is 19.7 Å². The van der Waals surface area contributed by atoms with Crippen molar-refractivity contribution >= 4 is 23.3 Å². The number of rotatable bonds is 4. The number of hydrogen-bond donors (Lipinski definition) is 1. The molecule has 7 heteroatoms. The lowest BCUT2D eigenvalue weighted by Crippen LogP contribution is -2.45. The average molecular weight is 437 g/mol. The van der Waals surface area contributed by atoms with E-state index in [-0.39, 0.29) is 18.3 Å². The zero-order valence-electron chi connectivity index (χ0n) is 19.4. The van der Waals surface area contributed by atoms with Gasteiger partial charge in [-0.25, -0.2) is 4.79 Å². The van der Waals surface area contributed by atoms with E-state index in [4.69, 9.17) is 15.5 Å². The number of anilines is 2. The first-order chi connectivity index (χ1) is 15.1. The lowest BCUT2D eigenvalue weighted by Gasteiger charge is -2.41. The highest BCUT2D eigenvalue weighted by atomic mass is 16.6. The molecule has 1 fully saturated rings. The molecule has 0 spiro atoms. The molecular formula is C25H32N4O3. The molecule has 0 aromatic carbocycles. The molecule has 1 saturated carbocycles. The van der Waals surface area contributed by atoms with Crippen LogP contribution in [0.5, 0.6) is 0 Å². The Balaban J connectivity index is 1.60. The summed E-state index contributed by atoms with van der Waals surface area (Å²) in [6, 6.07) is 5.68. The van der Waals surface area contributed by atoms with E-state index in [2.05, 4.69) is 4.98 Å². The molecule has 3 heterocycles. The summed E-state index contributed by atoms with van der Waals surface area (Å²) in [6.07, 6.45) is 5.73. The van der Waals surface area contributed by atoms with E-state index in [1.807, 2.05) is 45.9 Å². The van der Waals surface area contributed by atoms with Crippen molar-refractivity contribution in [2.45, 2.75) is 77.2 Å². The molecule has 32 heavy (non-hydrogen) atoms. The van der Waals surface area contributed by atoms with Gasteiger partial charge < -0.3 is 10.5 Å². The Bertz CT molecular complexity index is 1050. The molecule has 1 aliphatic carbocycles. The molecule has 0 bridgehead atoms. The molecule has 0 radical (unpaired) electrons. The predicted octanol–water partition coefficient (Wildman–Crippen LogP) is 4.29. The minimum absolute atomic E-state index is 0.110. The van der Waals surface area contributed by atoms with Crippen molar-refractivity contribution in [3.05, 3.63) is 47.0 Å². The number of amides is 1. The van der Waals surface area contributed by atoms with Crippen LogP contribution < -0.4 is 10.6 Å². The Morgan fingerprint density at radius 1 is 1.22 bits per heavy atom.